The molecule has 4 rings (SSSR count). The third-order valence-electron chi connectivity index (χ3n) is 4.44. The van der Waals surface area contributed by atoms with Crippen molar-refractivity contribution in [1.29, 1.82) is 0 Å². The second kappa shape index (κ2) is 8.75. The number of halogens is 4. The molecule has 0 radical (unpaired) electrons. The molecule has 0 saturated carbocycles. The van der Waals surface area contributed by atoms with Crippen LogP contribution in [-0.4, -0.2) is 41.4 Å². The lowest BCUT2D eigenvalue weighted by Gasteiger charge is -2.11. The van der Waals surface area contributed by atoms with Gasteiger partial charge in [-0.05, 0) is 36.4 Å². The van der Waals surface area contributed by atoms with E-state index in [4.69, 9.17) is 4.74 Å². The summed E-state index contributed by atoms with van der Waals surface area (Å²) in [4.78, 5) is -0.513. The minimum absolute atomic E-state index is 0.109. The van der Waals surface area contributed by atoms with E-state index < -0.39 is 32.5 Å². The molecule has 8 nitrogen and oxygen atoms in total. The molecule has 13 heteroatoms. The second-order valence-electron chi connectivity index (χ2n) is 6.75. The lowest BCUT2D eigenvalue weighted by molar-refractivity contribution is -0.137. The van der Waals surface area contributed by atoms with Crippen LogP contribution < -0.4 is 9.46 Å². The molecule has 4 aromatic rings. The molecule has 2 aromatic heterocycles. The number of benzene rings is 2. The number of nitrogens with one attached hydrogen (secondary N) is 1. The van der Waals surface area contributed by atoms with Gasteiger partial charge >= 0.3 is 6.18 Å². The van der Waals surface area contributed by atoms with Crippen molar-refractivity contribution in [1.82, 2.24) is 24.5 Å². The zero-order valence-corrected chi connectivity index (χ0v) is 17.4. The number of sulfonamides is 1. The molecular weight excluding hydrogens is 466 g/mol. The summed E-state index contributed by atoms with van der Waals surface area (Å²) < 4.78 is 85.5. The third kappa shape index (κ3) is 5.09. The van der Waals surface area contributed by atoms with Crippen molar-refractivity contribution >= 4 is 15.7 Å². The summed E-state index contributed by atoms with van der Waals surface area (Å²) in [7, 11) is -4.18. The van der Waals surface area contributed by atoms with Gasteiger partial charge in [-0.15, -0.1) is 15.3 Å². The van der Waals surface area contributed by atoms with Gasteiger partial charge in [-0.2, -0.15) is 17.7 Å². The van der Waals surface area contributed by atoms with Crippen molar-refractivity contribution in [3.8, 4) is 17.3 Å². The van der Waals surface area contributed by atoms with E-state index in [0.29, 0.717) is 17.3 Å². The topological polar surface area (TPSA) is 98.5 Å². The Morgan fingerprint density at radius 1 is 1.00 bits per heavy atom. The van der Waals surface area contributed by atoms with Gasteiger partial charge < -0.3 is 4.74 Å². The minimum atomic E-state index is -4.66. The molecule has 33 heavy (non-hydrogen) atoms. The molecule has 2 aromatic carbocycles. The molecule has 0 atom stereocenters. The molecule has 0 aliphatic heterocycles. The van der Waals surface area contributed by atoms with E-state index in [1.165, 1.54) is 28.8 Å². The highest BCUT2D eigenvalue weighted by Gasteiger charge is 2.31. The molecule has 172 valence electrons. The van der Waals surface area contributed by atoms with Gasteiger partial charge in [-0.1, -0.05) is 18.2 Å². The smallest absolute Gasteiger partial charge is 0.416 e. The van der Waals surface area contributed by atoms with Crippen LogP contribution in [0.25, 0.3) is 17.0 Å². The Balaban J connectivity index is 1.43. The van der Waals surface area contributed by atoms with Gasteiger partial charge in [-0.3, -0.25) is 0 Å². The number of alkyl halides is 3. The maximum atomic E-state index is 13.5. The summed E-state index contributed by atoms with van der Waals surface area (Å²) in [6.45, 7) is -0.384. The minimum Gasteiger partial charge on any atom is -0.475 e. The first kappa shape index (κ1) is 22.6. The molecule has 2 heterocycles. The Labute approximate surface area is 184 Å². The van der Waals surface area contributed by atoms with Gasteiger partial charge in [0.05, 0.1) is 10.5 Å². The number of hydrogen-bond acceptors (Lipinski definition) is 6. The molecular formula is C20H15F4N5O3S. The maximum Gasteiger partial charge on any atom is 0.416 e. The molecule has 0 saturated heterocycles. The van der Waals surface area contributed by atoms with Gasteiger partial charge in [0.15, 0.2) is 11.5 Å². The number of hydrogen-bond donors (Lipinski definition) is 1. The van der Waals surface area contributed by atoms with Gasteiger partial charge in [0.25, 0.3) is 0 Å². The first-order chi connectivity index (χ1) is 15.6. The van der Waals surface area contributed by atoms with Crippen LogP contribution in [0.2, 0.25) is 0 Å². The highest BCUT2D eigenvalue weighted by atomic mass is 32.2. The maximum absolute atomic E-state index is 13.5. The van der Waals surface area contributed by atoms with E-state index in [2.05, 4.69) is 20.0 Å². The number of fused-ring (bicyclic) bond motifs is 1. The van der Waals surface area contributed by atoms with E-state index in [1.54, 1.807) is 12.1 Å². The van der Waals surface area contributed by atoms with Crippen molar-refractivity contribution in [3.05, 3.63) is 72.0 Å². The van der Waals surface area contributed by atoms with Crippen molar-refractivity contribution in [2.75, 3.05) is 13.2 Å². The van der Waals surface area contributed by atoms with E-state index in [1.807, 2.05) is 0 Å². The Kier molecular flexibility index (Phi) is 5.99. The molecule has 0 unspecified atom stereocenters. The molecule has 1 N–H and O–H groups in total. The predicted molar refractivity (Wildman–Crippen MR) is 108 cm³/mol. The zero-order valence-electron chi connectivity index (χ0n) is 16.6. The standard InChI is InChI=1S/C20H15F4N5O3S/c21-15-5-1-3-13(11-15)19-27-26-17-7-8-18(28-29(17)19)32-10-9-25-33(30,31)16-6-2-4-14(12-16)20(22,23)24/h1-8,11-12,25H,9-10H2. The summed E-state index contributed by atoms with van der Waals surface area (Å²) in [6.07, 6.45) is -4.66. The fraction of sp³-hybridized carbons (Fsp3) is 0.150. The van der Waals surface area contributed by atoms with E-state index in [-0.39, 0.29) is 24.9 Å². The monoisotopic (exact) mass is 481 g/mol. The Morgan fingerprint density at radius 3 is 2.55 bits per heavy atom. The predicted octanol–water partition coefficient (Wildman–Crippen LogP) is 3.31. The van der Waals surface area contributed by atoms with Crippen LogP contribution in [0.15, 0.2) is 65.6 Å². The van der Waals surface area contributed by atoms with Gasteiger partial charge in [0.2, 0.25) is 15.9 Å². The summed E-state index contributed by atoms with van der Waals surface area (Å²) in [5, 5.41) is 12.2. The van der Waals surface area contributed by atoms with Crippen LogP contribution >= 0.6 is 0 Å². The highest BCUT2D eigenvalue weighted by Crippen LogP contribution is 2.30. The second-order valence-corrected chi connectivity index (χ2v) is 8.51. The van der Waals surface area contributed by atoms with E-state index >= 15 is 0 Å². The number of rotatable bonds is 7. The molecule has 0 aliphatic carbocycles. The SMILES string of the molecule is O=S(=O)(NCCOc1ccc2nnc(-c3cccc(F)c3)n2n1)c1cccc(C(F)(F)F)c1. The Hall–Kier alpha value is -3.58. The van der Waals surface area contributed by atoms with Crippen molar-refractivity contribution in [2.45, 2.75) is 11.1 Å². The van der Waals surface area contributed by atoms with Gasteiger partial charge in [-0.25, -0.2) is 17.5 Å². The quantitative estimate of drug-likeness (QED) is 0.321. The Bertz CT molecular complexity index is 1410. The van der Waals surface area contributed by atoms with Crippen LogP contribution in [0.5, 0.6) is 5.88 Å². The van der Waals surface area contributed by atoms with Crippen molar-refractivity contribution in [2.24, 2.45) is 0 Å². The van der Waals surface area contributed by atoms with E-state index in [9.17, 15) is 26.0 Å². The number of ether oxygens (including phenoxy) is 1. The molecule has 0 spiro atoms. The number of aromatic nitrogens is 4. The average Bonchev–Trinajstić information content (AvgIpc) is 3.20. The molecule has 0 bridgehead atoms. The average molecular weight is 481 g/mol. The van der Waals surface area contributed by atoms with E-state index in [0.717, 1.165) is 18.2 Å². The normalized spacial score (nSPS) is 12.2. The molecule has 0 aliphatic rings. The summed E-state index contributed by atoms with van der Waals surface area (Å²) in [5.74, 6) is -0.0665. The fourth-order valence-corrected chi connectivity index (χ4v) is 3.97. The highest BCUT2D eigenvalue weighted by molar-refractivity contribution is 7.89. The lowest BCUT2D eigenvalue weighted by Crippen LogP contribution is -2.28. The molecule has 0 amide bonds. The first-order valence-electron chi connectivity index (χ1n) is 9.42. The van der Waals surface area contributed by atoms with Crippen LogP contribution in [0.1, 0.15) is 5.56 Å². The van der Waals surface area contributed by atoms with Crippen LogP contribution in [0, 0.1) is 5.82 Å². The zero-order chi connectivity index (χ0) is 23.6. The summed E-state index contributed by atoms with van der Waals surface area (Å²) >= 11 is 0. The largest absolute Gasteiger partial charge is 0.475 e. The van der Waals surface area contributed by atoms with Gasteiger partial charge in [0, 0.05) is 18.2 Å². The van der Waals surface area contributed by atoms with Crippen LogP contribution in [0.3, 0.4) is 0 Å². The van der Waals surface area contributed by atoms with Crippen LogP contribution in [-0.2, 0) is 16.2 Å². The first-order valence-corrected chi connectivity index (χ1v) is 10.9. The molecule has 0 fully saturated rings. The van der Waals surface area contributed by atoms with Crippen molar-refractivity contribution in [3.63, 3.8) is 0 Å². The van der Waals surface area contributed by atoms with Crippen molar-refractivity contribution < 1.29 is 30.7 Å². The number of nitrogens with zero attached hydrogens (tertiary/aromatic N) is 4. The summed E-state index contributed by atoms with van der Waals surface area (Å²) in [6, 6.07) is 12.2. The fourth-order valence-electron chi connectivity index (χ4n) is 2.91. The van der Waals surface area contributed by atoms with Crippen LogP contribution in [0.4, 0.5) is 17.6 Å². The van der Waals surface area contributed by atoms with Gasteiger partial charge in [0.1, 0.15) is 12.4 Å². The third-order valence-corrected chi connectivity index (χ3v) is 5.90. The lowest BCUT2D eigenvalue weighted by atomic mass is 10.2. The Morgan fingerprint density at radius 2 is 1.79 bits per heavy atom. The summed E-state index contributed by atoms with van der Waals surface area (Å²) in [5.41, 5.74) is -0.241.